The molecule has 27 heavy (non-hydrogen) atoms. The molecule has 1 saturated heterocycles. The molecule has 3 heterocycles. The van der Waals surface area contributed by atoms with Crippen molar-refractivity contribution in [2.75, 3.05) is 63.0 Å². The standard InChI is InChI=1S/C19H30N8/c1-24(2)18-21-12-15(13-22-18)14-27-10-7-16(8-11-27)26(5)17-6-9-20-19(23-17)25(3)4/h6,9,12-13,16H,7-8,10-11,14H2,1-5H3. The van der Waals surface area contributed by atoms with Gasteiger partial charge in [0.15, 0.2) is 0 Å². The largest absolute Gasteiger partial charge is 0.356 e. The van der Waals surface area contributed by atoms with Crippen molar-refractivity contribution in [1.29, 1.82) is 0 Å². The Kier molecular flexibility index (Phi) is 6.05. The van der Waals surface area contributed by atoms with Crippen LogP contribution in [-0.4, -0.2) is 79.2 Å². The molecule has 1 aliphatic heterocycles. The highest BCUT2D eigenvalue weighted by atomic mass is 15.3. The first-order chi connectivity index (χ1) is 12.9. The smallest absolute Gasteiger partial charge is 0.226 e. The molecular formula is C19H30N8. The summed E-state index contributed by atoms with van der Waals surface area (Å²) in [6, 6.07) is 2.49. The Labute approximate surface area is 161 Å². The highest BCUT2D eigenvalue weighted by Gasteiger charge is 2.23. The number of hydrogen-bond donors (Lipinski definition) is 0. The van der Waals surface area contributed by atoms with Crippen LogP contribution in [0, 0.1) is 0 Å². The quantitative estimate of drug-likeness (QED) is 0.758. The summed E-state index contributed by atoms with van der Waals surface area (Å²) in [5.74, 6) is 2.49. The summed E-state index contributed by atoms with van der Waals surface area (Å²) in [6.07, 6.45) is 7.94. The summed E-state index contributed by atoms with van der Waals surface area (Å²) in [7, 11) is 9.97. The first-order valence-electron chi connectivity index (χ1n) is 9.38. The van der Waals surface area contributed by atoms with Gasteiger partial charge in [0.1, 0.15) is 5.82 Å². The predicted molar refractivity (Wildman–Crippen MR) is 109 cm³/mol. The van der Waals surface area contributed by atoms with Gasteiger partial charge >= 0.3 is 0 Å². The van der Waals surface area contributed by atoms with Crippen LogP contribution in [-0.2, 0) is 6.54 Å². The SMILES string of the molecule is CN(C)c1ncc(CN2CCC(N(C)c3ccnc(N(C)C)n3)CC2)cn1. The van der Waals surface area contributed by atoms with Crippen LogP contribution in [0.4, 0.5) is 17.7 Å². The second kappa shape index (κ2) is 8.47. The van der Waals surface area contributed by atoms with Crippen molar-refractivity contribution >= 4 is 17.7 Å². The Balaban J connectivity index is 1.54. The van der Waals surface area contributed by atoms with Crippen LogP contribution in [0.2, 0.25) is 0 Å². The summed E-state index contributed by atoms with van der Waals surface area (Å²) in [5.41, 5.74) is 1.17. The van der Waals surface area contributed by atoms with Gasteiger partial charge in [-0.3, -0.25) is 4.90 Å². The van der Waals surface area contributed by atoms with Gasteiger partial charge in [0.2, 0.25) is 11.9 Å². The third-order valence-electron chi connectivity index (χ3n) is 4.99. The van der Waals surface area contributed by atoms with E-state index in [0.29, 0.717) is 6.04 Å². The van der Waals surface area contributed by atoms with E-state index in [0.717, 1.165) is 50.2 Å². The Hall–Kier alpha value is -2.48. The normalized spacial score (nSPS) is 15.6. The van der Waals surface area contributed by atoms with Crippen molar-refractivity contribution in [3.8, 4) is 0 Å². The highest BCUT2D eigenvalue weighted by Crippen LogP contribution is 2.22. The molecule has 146 valence electrons. The van der Waals surface area contributed by atoms with Crippen LogP contribution in [0.25, 0.3) is 0 Å². The number of aromatic nitrogens is 4. The van der Waals surface area contributed by atoms with Gasteiger partial charge in [-0.1, -0.05) is 0 Å². The van der Waals surface area contributed by atoms with Gasteiger partial charge in [-0.25, -0.2) is 15.0 Å². The van der Waals surface area contributed by atoms with Gasteiger partial charge < -0.3 is 14.7 Å². The number of likely N-dealkylation sites (tertiary alicyclic amines) is 1. The van der Waals surface area contributed by atoms with Crippen molar-refractivity contribution in [2.45, 2.75) is 25.4 Å². The number of piperidine rings is 1. The average molecular weight is 371 g/mol. The molecule has 1 aliphatic rings. The predicted octanol–water partition coefficient (Wildman–Crippen LogP) is 1.50. The maximum Gasteiger partial charge on any atom is 0.226 e. The summed E-state index contributed by atoms with van der Waals surface area (Å²) >= 11 is 0. The fourth-order valence-corrected chi connectivity index (χ4v) is 3.32. The minimum Gasteiger partial charge on any atom is -0.356 e. The first kappa shape index (κ1) is 19.3. The molecule has 8 nitrogen and oxygen atoms in total. The lowest BCUT2D eigenvalue weighted by atomic mass is 10.0. The zero-order valence-electron chi connectivity index (χ0n) is 17.0. The summed E-state index contributed by atoms with van der Waals surface area (Å²) < 4.78 is 0. The van der Waals surface area contributed by atoms with Crippen molar-refractivity contribution < 1.29 is 0 Å². The third kappa shape index (κ3) is 4.82. The number of nitrogens with zero attached hydrogens (tertiary/aromatic N) is 8. The van der Waals surface area contributed by atoms with Gasteiger partial charge in [-0.2, -0.15) is 4.98 Å². The maximum atomic E-state index is 4.66. The van der Waals surface area contributed by atoms with E-state index in [4.69, 9.17) is 0 Å². The van der Waals surface area contributed by atoms with Crippen LogP contribution < -0.4 is 14.7 Å². The molecule has 0 N–H and O–H groups in total. The molecule has 8 heteroatoms. The molecule has 0 unspecified atom stereocenters. The van der Waals surface area contributed by atoms with Crippen molar-refractivity contribution in [3.63, 3.8) is 0 Å². The highest BCUT2D eigenvalue weighted by molar-refractivity contribution is 5.43. The van der Waals surface area contributed by atoms with E-state index in [1.165, 1.54) is 5.56 Å². The molecule has 2 aromatic heterocycles. The molecule has 0 aliphatic carbocycles. The second-order valence-electron chi connectivity index (χ2n) is 7.51. The number of rotatable bonds is 6. The second-order valence-corrected chi connectivity index (χ2v) is 7.51. The number of hydrogen-bond acceptors (Lipinski definition) is 8. The lowest BCUT2D eigenvalue weighted by molar-refractivity contribution is 0.203. The number of anilines is 3. The molecule has 0 amide bonds. The molecule has 3 rings (SSSR count). The van der Waals surface area contributed by atoms with Gasteiger partial charge in [0, 0.05) is 85.1 Å². The average Bonchev–Trinajstić information content (AvgIpc) is 2.68. The minimum absolute atomic E-state index is 0.499. The first-order valence-corrected chi connectivity index (χ1v) is 9.38. The van der Waals surface area contributed by atoms with Crippen molar-refractivity contribution in [1.82, 2.24) is 24.8 Å². The molecular weight excluding hydrogens is 340 g/mol. The van der Waals surface area contributed by atoms with Gasteiger partial charge in [-0.05, 0) is 18.9 Å². The fraction of sp³-hybridized carbons (Fsp3) is 0.579. The van der Waals surface area contributed by atoms with Crippen LogP contribution in [0.15, 0.2) is 24.7 Å². The zero-order chi connectivity index (χ0) is 19.4. The van der Waals surface area contributed by atoms with E-state index in [1.54, 1.807) is 0 Å². The van der Waals surface area contributed by atoms with Crippen molar-refractivity contribution in [3.05, 3.63) is 30.2 Å². The molecule has 0 radical (unpaired) electrons. The molecule has 0 atom stereocenters. The monoisotopic (exact) mass is 370 g/mol. The zero-order valence-corrected chi connectivity index (χ0v) is 17.0. The van der Waals surface area contributed by atoms with E-state index in [9.17, 15) is 0 Å². The Morgan fingerprint density at radius 2 is 1.56 bits per heavy atom. The Morgan fingerprint density at radius 3 is 2.15 bits per heavy atom. The molecule has 0 spiro atoms. The van der Waals surface area contributed by atoms with Gasteiger partial charge in [-0.15, -0.1) is 0 Å². The third-order valence-corrected chi connectivity index (χ3v) is 4.99. The molecule has 2 aromatic rings. The van der Waals surface area contributed by atoms with E-state index in [1.807, 2.05) is 62.6 Å². The van der Waals surface area contributed by atoms with E-state index >= 15 is 0 Å². The topological polar surface area (TPSA) is 64.5 Å². The van der Waals surface area contributed by atoms with E-state index in [2.05, 4.69) is 36.8 Å². The van der Waals surface area contributed by atoms with Gasteiger partial charge in [0.05, 0.1) is 0 Å². The Morgan fingerprint density at radius 1 is 0.926 bits per heavy atom. The van der Waals surface area contributed by atoms with Crippen LogP contribution in [0.1, 0.15) is 18.4 Å². The molecule has 0 saturated carbocycles. The summed E-state index contributed by atoms with van der Waals surface area (Å²) in [6.45, 7) is 3.04. The lowest BCUT2D eigenvalue weighted by Gasteiger charge is -2.37. The summed E-state index contributed by atoms with van der Waals surface area (Å²) in [4.78, 5) is 26.4. The lowest BCUT2D eigenvalue weighted by Crippen LogP contribution is -2.43. The van der Waals surface area contributed by atoms with Gasteiger partial charge in [0.25, 0.3) is 0 Å². The minimum atomic E-state index is 0.499. The Bertz CT molecular complexity index is 723. The summed E-state index contributed by atoms with van der Waals surface area (Å²) in [5, 5.41) is 0. The van der Waals surface area contributed by atoms with Crippen LogP contribution in [0.3, 0.4) is 0 Å². The molecule has 0 aromatic carbocycles. The molecule has 0 bridgehead atoms. The van der Waals surface area contributed by atoms with Crippen LogP contribution >= 0.6 is 0 Å². The molecule has 1 fully saturated rings. The van der Waals surface area contributed by atoms with E-state index < -0.39 is 0 Å². The fourth-order valence-electron chi connectivity index (χ4n) is 3.32. The van der Waals surface area contributed by atoms with Crippen molar-refractivity contribution in [2.24, 2.45) is 0 Å². The van der Waals surface area contributed by atoms with E-state index in [-0.39, 0.29) is 0 Å². The maximum absolute atomic E-state index is 4.66. The van der Waals surface area contributed by atoms with Crippen LogP contribution in [0.5, 0.6) is 0 Å².